The fraction of sp³-hybridized carbons (Fsp3) is 0.900. The van der Waals surface area contributed by atoms with Gasteiger partial charge in [0.2, 0.25) is 6.29 Å². The third-order valence-corrected chi connectivity index (χ3v) is 19.8. The first-order valence-electron chi connectivity index (χ1n) is 25.2. The van der Waals surface area contributed by atoms with Crippen molar-refractivity contribution in [3.05, 3.63) is 11.6 Å². The van der Waals surface area contributed by atoms with E-state index in [0.717, 1.165) is 18.4 Å². The Balaban J connectivity index is 1.08. The van der Waals surface area contributed by atoms with Gasteiger partial charge in [0.05, 0.1) is 36.4 Å². The van der Waals surface area contributed by atoms with Crippen LogP contribution in [0.4, 0.5) is 0 Å². The molecule has 0 aromatic rings. The van der Waals surface area contributed by atoms with E-state index in [-0.39, 0.29) is 42.1 Å². The molecule has 0 spiro atoms. The van der Waals surface area contributed by atoms with Gasteiger partial charge in [-0.2, -0.15) is 0 Å². The minimum atomic E-state index is -1.95. The monoisotopic (exact) mass is 999 g/mol. The van der Waals surface area contributed by atoms with Crippen molar-refractivity contribution < 1.29 is 98.6 Å². The van der Waals surface area contributed by atoms with Gasteiger partial charge in [-0.3, -0.25) is 9.59 Å². The van der Waals surface area contributed by atoms with Crippen molar-refractivity contribution in [2.75, 3.05) is 6.61 Å². The van der Waals surface area contributed by atoms with E-state index in [1.54, 1.807) is 0 Å². The van der Waals surface area contributed by atoms with Crippen LogP contribution in [0.15, 0.2) is 11.6 Å². The molecule has 398 valence electrons. The van der Waals surface area contributed by atoms with Gasteiger partial charge in [-0.15, -0.1) is 0 Å². The Morgan fingerprint density at radius 1 is 0.671 bits per heavy atom. The average Bonchev–Trinajstić information content (AvgIpc) is 3.28. The van der Waals surface area contributed by atoms with E-state index in [1.165, 1.54) is 20.8 Å². The van der Waals surface area contributed by atoms with Crippen LogP contribution >= 0.6 is 0 Å². The zero-order chi connectivity index (χ0) is 51.6. The highest BCUT2D eigenvalue weighted by molar-refractivity contribution is 5.79. The molecule has 25 atom stereocenters. The second kappa shape index (κ2) is 18.8. The summed E-state index contributed by atoms with van der Waals surface area (Å²) in [4.78, 5) is 39.3. The van der Waals surface area contributed by atoms with Gasteiger partial charge in [-0.1, -0.05) is 53.2 Å². The number of aliphatic hydroxyl groups excluding tert-OH is 9. The molecule has 0 amide bonds. The van der Waals surface area contributed by atoms with Crippen molar-refractivity contribution in [1.29, 1.82) is 0 Å². The molecule has 10 N–H and O–H groups in total. The molecule has 0 aromatic heterocycles. The fourth-order valence-electron chi connectivity index (χ4n) is 15.2. The molecule has 70 heavy (non-hydrogen) atoms. The molecule has 3 heterocycles. The molecule has 8 rings (SSSR count). The van der Waals surface area contributed by atoms with Crippen LogP contribution in [-0.4, -0.2) is 180 Å². The number of hydrogen-bond donors (Lipinski definition) is 10. The smallest absolute Gasteiger partial charge is 0.335 e. The lowest BCUT2D eigenvalue weighted by Gasteiger charge is -2.71. The lowest BCUT2D eigenvalue weighted by atomic mass is 9.33. The van der Waals surface area contributed by atoms with E-state index in [2.05, 4.69) is 40.7 Å². The molecule has 20 nitrogen and oxygen atoms in total. The topological polar surface area (TPSA) is 318 Å². The fourth-order valence-corrected chi connectivity index (χ4v) is 15.2. The van der Waals surface area contributed by atoms with Gasteiger partial charge in [-0.05, 0) is 111 Å². The third kappa shape index (κ3) is 8.39. The molecular formula is C50H78O20. The molecule has 8 aliphatic rings. The zero-order valence-electron chi connectivity index (χ0n) is 41.8. The van der Waals surface area contributed by atoms with E-state index < -0.39 is 150 Å². The Labute approximate surface area is 408 Å². The minimum Gasteiger partial charge on any atom is -0.479 e. The summed E-state index contributed by atoms with van der Waals surface area (Å²) in [5.74, 6) is -3.04. The summed E-state index contributed by atoms with van der Waals surface area (Å²) >= 11 is 0. The number of hydrogen-bond acceptors (Lipinski definition) is 19. The molecule has 3 aliphatic heterocycles. The van der Waals surface area contributed by atoms with E-state index in [0.29, 0.717) is 32.1 Å². The van der Waals surface area contributed by atoms with Crippen LogP contribution in [0.1, 0.15) is 120 Å². The molecule has 0 aromatic carbocycles. The first kappa shape index (κ1) is 53.9. The highest BCUT2D eigenvalue weighted by Crippen LogP contribution is 2.76. The van der Waals surface area contributed by atoms with Crippen LogP contribution in [0.2, 0.25) is 0 Å². The van der Waals surface area contributed by atoms with E-state index in [9.17, 15) is 65.4 Å². The number of aliphatic carboxylic acids is 1. The summed E-state index contributed by atoms with van der Waals surface area (Å²) in [5.41, 5.74) is -2.81. The number of esters is 2. The number of allylic oxidation sites excluding steroid dienone is 2. The van der Waals surface area contributed by atoms with Crippen LogP contribution in [0, 0.1) is 50.2 Å². The lowest BCUT2D eigenvalue weighted by Crippen LogP contribution is -2.67. The van der Waals surface area contributed by atoms with Crippen LogP contribution in [0.3, 0.4) is 0 Å². The second-order valence-electron chi connectivity index (χ2n) is 24.0. The molecule has 5 aliphatic carbocycles. The minimum absolute atomic E-state index is 0.0149. The highest BCUT2D eigenvalue weighted by atomic mass is 16.8. The second-order valence-corrected chi connectivity index (χ2v) is 24.0. The maximum Gasteiger partial charge on any atom is 0.335 e. The first-order valence-corrected chi connectivity index (χ1v) is 25.2. The Bertz CT molecular complexity index is 2020. The van der Waals surface area contributed by atoms with Crippen molar-refractivity contribution in [1.82, 2.24) is 0 Å². The number of carbonyl (C=O) groups excluding carboxylic acids is 2. The molecular weight excluding hydrogens is 921 g/mol. The maximum atomic E-state index is 14.9. The Kier molecular flexibility index (Phi) is 14.4. The molecule has 0 radical (unpaired) electrons. The lowest BCUT2D eigenvalue weighted by molar-refractivity contribution is -0.372. The van der Waals surface area contributed by atoms with Crippen LogP contribution in [0.5, 0.6) is 0 Å². The summed E-state index contributed by atoms with van der Waals surface area (Å²) < 4.78 is 41.5. The van der Waals surface area contributed by atoms with Crippen molar-refractivity contribution >= 4 is 17.9 Å². The Hall–Kier alpha value is -2.41. The van der Waals surface area contributed by atoms with Crippen molar-refractivity contribution in [2.24, 2.45) is 50.2 Å². The number of carbonyl (C=O) groups is 3. The van der Waals surface area contributed by atoms with Gasteiger partial charge >= 0.3 is 17.9 Å². The van der Waals surface area contributed by atoms with Crippen molar-refractivity contribution in [3.8, 4) is 0 Å². The number of aliphatic hydroxyl groups is 9. The summed E-state index contributed by atoms with van der Waals surface area (Å²) in [7, 11) is 0. The number of carboxylic acid groups (broad SMARTS) is 1. The van der Waals surface area contributed by atoms with Crippen LogP contribution in [0.25, 0.3) is 0 Å². The number of fused-ring (bicyclic) bond motifs is 7. The number of rotatable bonds is 9. The molecule has 0 unspecified atom stereocenters. The highest BCUT2D eigenvalue weighted by Gasteiger charge is 2.71. The Morgan fingerprint density at radius 2 is 1.29 bits per heavy atom. The maximum absolute atomic E-state index is 14.9. The average molecular weight is 999 g/mol. The number of ether oxygens (including phenoxy) is 7. The normalized spacial score (nSPS) is 53.2. The Morgan fingerprint density at radius 3 is 1.90 bits per heavy atom. The van der Waals surface area contributed by atoms with Gasteiger partial charge in [0, 0.05) is 12.3 Å². The SMILES string of the molecule is CC(=O)OC[C@]1(C)C[C@H]2C3=CC[C@@H]4[C@@]5(C)CC[C@H](O[C@@H]6O[C@H](C(=O)O)[C@@H](O)[C@H](O)[C@H]6O[C@@H]6O[C@@H](C)[C@H](O)[C@@H](O)[C@H]6O)C(C)(C)[C@@H]5CC[C@@]4(C)[C@]3(C)CC[C@@]2(C(=O)O[C@@H]2O[C@@H](C)[C@H](O)[C@@H](O)[C@H]2O)C[C@@H]1O. The van der Waals surface area contributed by atoms with Gasteiger partial charge in [-0.25, -0.2) is 4.79 Å². The predicted octanol–water partition coefficient (Wildman–Crippen LogP) is 0.802. The molecule has 4 saturated carbocycles. The zero-order valence-corrected chi connectivity index (χ0v) is 41.8. The van der Waals surface area contributed by atoms with Crippen LogP contribution in [-0.2, 0) is 47.5 Å². The molecule has 3 saturated heterocycles. The van der Waals surface area contributed by atoms with E-state index in [1.807, 2.05) is 6.92 Å². The quantitative estimate of drug-likeness (QED) is 0.0868. The molecule has 0 bridgehead atoms. The predicted molar refractivity (Wildman–Crippen MR) is 240 cm³/mol. The summed E-state index contributed by atoms with van der Waals surface area (Å²) in [6, 6.07) is 0. The summed E-state index contributed by atoms with van der Waals surface area (Å²) in [5, 5.41) is 108. The standard InChI is InChI=1S/C50H78O20/c1-21-30(53)32(55)36(59)41(65-21)69-39-35(58)34(57)38(40(61)62)68-43(39)67-29-13-14-47(7)26(45(29,4)5)12-15-49(9)27(47)11-10-24-25-18-46(6,20-64-23(3)51)28(52)19-50(25,17-16-48(24,49)8)44(63)70-42-37(60)33(56)31(54)22(2)66-42/h10,21-22,25-39,41-43,52-60H,11-20H2,1-9H3,(H,61,62)/t21-,22-,25-,26-,27+,28-,29-,30-,31-,32+,33+,34-,35-,36+,37+,38-,39+,41-,42-,43+,46-,47-,48+,49+,50+/m0/s1. The third-order valence-electron chi connectivity index (χ3n) is 19.8. The van der Waals surface area contributed by atoms with Gasteiger partial charge < -0.3 is 84.2 Å². The van der Waals surface area contributed by atoms with Gasteiger partial charge in [0.15, 0.2) is 18.7 Å². The van der Waals surface area contributed by atoms with Crippen molar-refractivity contribution in [2.45, 2.75) is 224 Å². The van der Waals surface area contributed by atoms with Gasteiger partial charge in [0.25, 0.3) is 0 Å². The summed E-state index contributed by atoms with van der Waals surface area (Å²) in [6.45, 7) is 17.2. The molecule has 20 heteroatoms. The largest absolute Gasteiger partial charge is 0.479 e. The van der Waals surface area contributed by atoms with Crippen LogP contribution < -0.4 is 0 Å². The molecule has 7 fully saturated rings. The van der Waals surface area contributed by atoms with E-state index in [4.69, 9.17) is 33.2 Å². The van der Waals surface area contributed by atoms with Gasteiger partial charge in [0.1, 0.15) is 54.9 Å². The number of carboxylic acids is 1. The summed E-state index contributed by atoms with van der Waals surface area (Å²) in [6.07, 6.45) is -18.5. The van der Waals surface area contributed by atoms with Crippen molar-refractivity contribution in [3.63, 3.8) is 0 Å². The van der Waals surface area contributed by atoms with E-state index >= 15 is 0 Å². The first-order chi connectivity index (χ1) is 32.5.